The molecule has 0 amide bonds. The summed E-state index contributed by atoms with van der Waals surface area (Å²) in [5.74, 6) is 1.49. The molecule has 2 heterocycles. The molecule has 1 saturated carbocycles. The Morgan fingerprint density at radius 3 is 2.75 bits per heavy atom. The lowest BCUT2D eigenvalue weighted by atomic mass is 9.52. The Labute approximate surface area is 191 Å². The van der Waals surface area contributed by atoms with Crippen molar-refractivity contribution in [3.63, 3.8) is 0 Å². The van der Waals surface area contributed by atoms with E-state index in [2.05, 4.69) is 11.8 Å². The van der Waals surface area contributed by atoms with Crippen LogP contribution in [0.4, 0.5) is 0 Å². The van der Waals surface area contributed by atoms with E-state index < -0.39 is 11.0 Å². The molecule has 2 aliphatic carbocycles. The average molecular weight is 446 g/mol. The average Bonchev–Trinajstić information content (AvgIpc) is 3.08. The van der Waals surface area contributed by atoms with Crippen molar-refractivity contribution in [2.45, 2.75) is 88.6 Å². The fourth-order valence-corrected chi connectivity index (χ4v) is 6.93. The van der Waals surface area contributed by atoms with Gasteiger partial charge in [0, 0.05) is 24.8 Å². The molecule has 2 fully saturated rings. The summed E-state index contributed by atoms with van der Waals surface area (Å²) >= 11 is 0. The summed E-state index contributed by atoms with van der Waals surface area (Å²) in [7, 11) is 0. The number of phenols is 1. The van der Waals surface area contributed by atoms with E-state index in [1.807, 2.05) is 19.9 Å². The number of fused-ring (bicyclic) bond motifs is 1. The van der Waals surface area contributed by atoms with E-state index in [9.17, 15) is 10.2 Å². The maximum absolute atomic E-state index is 12.3. The van der Waals surface area contributed by atoms with Crippen molar-refractivity contribution in [2.75, 3.05) is 32.9 Å². The van der Waals surface area contributed by atoms with Crippen molar-refractivity contribution >= 4 is 0 Å². The largest absolute Gasteiger partial charge is 0.504 e. The summed E-state index contributed by atoms with van der Waals surface area (Å²) in [5, 5.41) is 23.0. The Balaban J connectivity index is 1.52. The lowest BCUT2D eigenvalue weighted by Gasteiger charge is -2.61. The zero-order valence-electron chi connectivity index (χ0n) is 19.8. The summed E-state index contributed by atoms with van der Waals surface area (Å²) < 4.78 is 18.3. The molecule has 5 atom stereocenters. The van der Waals surface area contributed by atoms with Crippen molar-refractivity contribution in [3.8, 4) is 11.5 Å². The van der Waals surface area contributed by atoms with Crippen LogP contribution in [0.1, 0.15) is 64.0 Å². The summed E-state index contributed by atoms with van der Waals surface area (Å²) in [6, 6.07) is 3.85. The highest BCUT2D eigenvalue weighted by molar-refractivity contribution is 5.61. The van der Waals surface area contributed by atoms with Crippen LogP contribution in [0.3, 0.4) is 0 Å². The van der Waals surface area contributed by atoms with Gasteiger partial charge in [0.2, 0.25) is 0 Å². The molecule has 6 heteroatoms. The lowest BCUT2D eigenvalue weighted by Crippen LogP contribution is -2.74. The molecule has 1 aromatic carbocycles. The summed E-state index contributed by atoms with van der Waals surface area (Å²) in [6.45, 7) is 9.83. The first-order valence-corrected chi connectivity index (χ1v) is 12.6. The van der Waals surface area contributed by atoms with E-state index in [0.29, 0.717) is 25.6 Å². The summed E-state index contributed by atoms with van der Waals surface area (Å²) in [5.41, 5.74) is 0.683. The minimum Gasteiger partial charge on any atom is -0.504 e. The van der Waals surface area contributed by atoms with Crippen molar-refractivity contribution in [2.24, 2.45) is 5.92 Å². The van der Waals surface area contributed by atoms with Gasteiger partial charge in [0.15, 0.2) is 11.5 Å². The number of hydrogen-bond donors (Lipinski definition) is 2. The van der Waals surface area contributed by atoms with Crippen LogP contribution in [0.25, 0.3) is 0 Å². The maximum Gasteiger partial charge on any atom is 0.165 e. The molecule has 2 bridgehead atoms. The monoisotopic (exact) mass is 445 g/mol. The first-order chi connectivity index (χ1) is 15.4. The molecule has 1 aromatic rings. The predicted octanol–water partition coefficient (Wildman–Crippen LogP) is 3.40. The molecule has 0 radical (unpaired) electrons. The fraction of sp³-hybridized carbons (Fsp3) is 0.769. The van der Waals surface area contributed by atoms with Crippen LogP contribution in [-0.4, -0.2) is 71.9 Å². The van der Waals surface area contributed by atoms with Gasteiger partial charge in [-0.25, -0.2) is 0 Å². The van der Waals surface area contributed by atoms with Crippen LogP contribution in [0.5, 0.6) is 11.5 Å². The van der Waals surface area contributed by atoms with E-state index in [4.69, 9.17) is 14.2 Å². The third kappa shape index (κ3) is 3.21. The summed E-state index contributed by atoms with van der Waals surface area (Å²) in [4.78, 5) is 2.54. The van der Waals surface area contributed by atoms with Gasteiger partial charge in [-0.05, 0) is 70.0 Å². The maximum atomic E-state index is 12.3. The highest BCUT2D eigenvalue weighted by Crippen LogP contribution is 2.62. The Morgan fingerprint density at radius 2 is 2.06 bits per heavy atom. The van der Waals surface area contributed by atoms with Gasteiger partial charge < -0.3 is 24.4 Å². The first-order valence-electron chi connectivity index (χ1n) is 12.6. The normalized spacial score (nSPS) is 34.6. The van der Waals surface area contributed by atoms with E-state index in [1.54, 1.807) is 6.07 Å². The van der Waals surface area contributed by atoms with Crippen molar-refractivity contribution in [3.05, 3.63) is 23.3 Å². The lowest BCUT2D eigenvalue weighted by molar-refractivity contribution is -0.179. The molecular formula is C26H39NO5. The van der Waals surface area contributed by atoms with Gasteiger partial charge in [0.25, 0.3) is 0 Å². The van der Waals surface area contributed by atoms with Gasteiger partial charge in [-0.15, -0.1) is 0 Å². The zero-order chi connectivity index (χ0) is 22.5. The number of rotatable bonds is 9. The first kappa shape index (κ1) is 22.5. The van der Waals surface area contributed by atoms with E-state index in [-0.39, 0.29) is 24.0 Å². The number of benzene rings is 1. The quantitative estimate of drug-likeness (QED) is 0.568. The van der Waals surface area contributed by atoms with Crippen LogP contribution >= 0.6 is 0 Å². The number of nitrogens with zero attached hydrogens (tertiary/aromatic N) is 1. The number of phenolic OH excluding ortho intramolecular Hbond substituents is 1. The third-order valence-corrected chi connectivity index (χ3v) is 8.82. The molecule has 6 nitrogen and oxygen atoms in total. The third-order valence-electron chi connectivity index (χ3n) is 8.82. The number of aliphatic hydroxyl groups is 1. The second-order valence-corrected chi connectivity index (χ2v) is 10.4. The minimum atomic E-state index is -0.970. The standard InChI is InChI=1S/C26H39NO5/c1-4-20(31-14-13-30-5-2)24-26-11-12-27(16-17-7-6-8-17)21(25(26,3)29)15-18-9-10-19(28)23(32-24)22(18)26/h9-10,17,20-21,24,28-29H,4-8,11-16H2,1-3H3/t20-,21?,24-,25+,26-/m0/s1. The topological polar surface area (TPSA) is 71.4 Å². The SMILES string of the molecule is CCOCCO[C@@H](CC)[C@@H]1Oc2c(O)ccc3c2[C@@]12CCN(CC1CCC1)C(C3)[C@@]2(C)O. The second-order valence-electron chi connectivity index (χ2n) is 10.4. The number of hydrogen-bond acceptors (Lipinski definition) is 6. The number of likely N-dealkylation sites (tertiary alicyclic amines) is 1. The molecule has 4 aliphatic rings. The van der Waals surface area contributed by atoms with Gasteiger partial charge in [-0.1, -0.05) is 19.4 Å². The smallest absolute Gasteiger partial charge is 0.165 e. The van der Waals surface area contributed by atoms with Crippen molar-refractivity contribution < 1.29 is 24.4 Å². The van der Waals surface area contributed by atoms with Gasteiger partial charge in [0.05, 0.1) is 30.3 Å². The molecule has 1 saturated heterocycles. The van der Waals surface area contributed by atoms with Crippen LogP contribution in [0.15, 0.2) is 12.1 Å². The predicted molar refractivity (Wildman–Crippen MR) is 122 cm³/mol. The number of ether oxygens (including phenoxy) is 3. The zero-order valence-corrected chi connectivity index (χ0v) is 19.8. The Bertz CT molecular complexity index is 838. The number of piperidine rings is 1. The molecule has 2 aliphatic heterocycles. The number of aromatic hydroxyl groups is 1. The molecule has 2 N–H and O–H groups in total. The van der Waals surface area contributed by atoms with Gasteiger partial charge in [-0.2, -0.15) is 0 Å². The Kier molecular flexibility index (Phi) is 5.94. The Morgan fingerprint density at radius 1 is 1.25 bits per heavy atom. The molecule has 1 unspecified atom stereocenters. The Hall–Kier alpha value is -1.34. The van der Waals surface area contributed by atoms with Crippen LogP contribution in [0.2, 0.25) is 0 Å². The molecular weight excluding hydrogens is 406 g/mol. The molecule has 0 aromatic heterocycles. The van der Waals surface area contributed by atoms with Gasteiger partial charge in [0.1, 0.15) is 6.10 Å². The molecule has 178 valence electrons. The van der Waals surface area contributed by atoms with Crippen LogP contribution in [0, 0.1) is 5.92 Å². The second kappa shape index (κ2) is 8.46. The minimum absolute atomic E-state index is 0.0480. The van der Waals surface area contributed by atoms with Gasteiger partial charge >= 0.3 is 0 Å². The van der Waals surface area contributed by atoms with E-state index in [0.717, 1.165) is 43.8 Å². The highest BCUT2D eigenvalue weighted by Gasteiger charge is 2.69. The van der Waals surface area contributed by atoms with Crippen LogP contribution in [-0.2, 0) is 21.3 Å². The van der Waals surface area contributed by atoms with Crippen molar-refractivity contribution in [1.29, 1.82) is 0 Å². The van der Waals surface area contributed by atoms with Crippen molar-refractivity contribution in [1.82, 2.24) is 4.90 Å². The highest BCUT2D eigenvalue weighted by atomic mass is 16.6. The molecule has 32 heavy (non-hydrogen) atoms. The summed E-state index contributed by atoms with van der Waals surface area (Å²) in [6.07, 6.45) is 5.81. The molecule has 1 spiro atoms. The molecule has 5 rings (SSSR count). The fourth-order valence-electron chi connectivity index (χ4n) is 6.93. The van der Waals surface area contributed by atoms with E-state index >= 15 is 0 Å². The van der Waals surface area contributed by atoms with E-state index in [1.165, 1.54) is 24.8 Å². The van der Waals surface area contributed by atoms with Crippen LogP contribution < -0.4 is 4.74 Å². The van der Waals surface area contributed by atoms with Gasteiger partial charge in [-0.3, -0.25) is 4.90 Å².